The molecule has 0 aliphatic rings. The molecule has 3 heteroatoms. The fourth-order valence-corrected chi connectivity index (χ4v) is 6.39. The Labute approximate surface area is 172 Å². The Balaban J connectivity index is 1.72. The first kappa shape index (κ1) is 16.5. The molecule has 0 atom stereocenters. The molecule has 0 spiro atoms. The molecule has 0 unspecified atom stereocenters. The summed E-state index contributed by atoms with van der Waals surface area (Å²) < 4.78 is 11.1. The van der Waals surface area contributed by atoms with Crippen LogP contribution in [0.2, 0.25) is 0 Å². The van der Waals surface area contributed by atoms with Crippen LogP contribution >= 0.6 is 0 Å². The number of hydrogen-bond acceptors (Lipinski definition) is 2. The van der Waals surface area contributed by atoms with E-state index in [1.807, 2.05) is 24.3 Å². The van der Waals surface area contributed by atoms with E-state index in [4.69, 9.17) is 1.37 Å². The summed E-state index contributed by atoms with van der Waals surface area (Å²) in [5.74, 6) is 0. The van der Waals surface area contributed by atoms with Crippen molar-refractivity contribution in [2.24, 2.45) is 5.41 Å². The predicted molar refractivity (Wildman–Crippen MR) is 120 cm³/mol. The van der Waals surface area contributed by atoms with Gasteiger partial charge in [-0.25, -0.2) is 0 Å². The summed E-state index contributed by atoms with van der Waals surface area (Å²) in [5.41, 5.74) is 4.71. The second kappa shape index (κ2) is 6.55. The molecule has 0 aliphatic heterocycles. The van der Waals surface area contributed by atoms with Crippen molar-refractivity contribution in [3.8, 4) is 11.3 Å². The molecular weight excluding hydrogens is 407 g/mol. The van der Waals surface area contributed by atoms with Gasteiger partial charge in [0.05, 0.1) is 0 Å². The van der Waals surface area contributed by atoms with Gasteiger partial charge >= 0.3 is 172 Å². The van der Waals surface area contributed by atoms with Gasteiger partial charge in [-0.1, -0.05) is 0 Å². The van der Waals surface area contributed by atoms with Crippen LogP contribution in [-0.4, -0.2) is 24.5 Å². The summed E-state index contributed by atoms with van der Waals surface area (Å²) in [7, 11) is 0. The zero-order chi connectivity index (χ0) is 20.2. The van der Waals surface area contributed by atoms with Crippen LogP contribution in [0.4, 0.5) is 0 Å². The quantitative estimate of drug-likeness (QED) is 0.310. The molecule has 138 valence electrons. The Morgan fingerprint density at radius 2 is 1.79 bits per heavy atom. The predicted octanol–water partition coefficient (Wildman–Crippen LogP) is 6.25. The van der Waals surface area contributed by atoms with Gasteiger partial charge in [-0.05, 0) is 0 Å². The number of rotatable bonds is 2. The molecule has 28 heavy (non-hydrogen) atoms. The van der Waals surface area contributed by atoms with Gasteiger partial charge < -0.3 is 0 Å². The summed E-state index contributed by atoms with van der Waals surface area (Å²) in [6, 6.07) is 19.5. The van der Waals surface area contributed by atoms with Crippen molar-refractivity contribution in [1.82, 2.24) is 9.97 Å². The van der Waals surface area contributed by atoms with Gasteiger partial charge in [-0.15, -0.1) is 0 Å². The van der Waals surface area contributed by atoms with Gasteiger partial charge in [0.1, 0.15) is 0 Å². The first-order valence-corrected chi connectivity index (χ1v) is 11.3. The normalized spacial score (nSPS) is 12.8. The van der Waals surface area contributed by atoms with E-state index in [0.717, 1.165) is 34.0 Å². The van der Waals surface area contributed by atoms with Crippen LogP contribution in [0.1, 0.15) is 27.7 Å². The molecule has 0 amide bonds. The second-order valence-corrected chi connectivity index (χ2v) is 10.8. The molecule has 0 N–H and O–H groups in total. The molecule has 0 fully saturated rings. The molecular formula is C25H22N2Se. The first-order chi connectivity index (χ1) is 13.9. The molecule has 0 aliphatic carbocycles. The molecule has 3 aromatic carbocycles. The molecule has 0 saturated heterocycles. The van der Waals surface area contributed by atoms with Crippen molar-refractivity contribution in [2.75, 3.05) is 0 Å². The molecule has 2 aromatic heterocycles. The van der Waals surface area contributed by atoms with Crippen molar-refractivity contribution < 1.29 is 1.37 Å². The fourth-order valence-electron chi connectivity index (χ4n) is 3.80. The minimum absolute atomic E-state index is 0.170. The molecule has 0 bridgehead atoms. The third-order valence-corrected chi connectivity index (χ3v) is 7.39. The monoisotopic (exact) mass is 431 g/mol. The van der Waals surface area contributed by atoms with Crippen molar-refractivity contribution >= 4 is 44.7 Å². The SMILES string of the molecule is [2H]c1cc(-c2ncnc3c2[se]c2cc(CC(C)(C)C)ccc23)cc2ccccc12. The van der Waals surface area contributed by atoms with Crippen LogP contribution in [-0.2, 0) is 6.42 Å². The summed E-state index contributed by atoms with van der Waals surface area (Å²) in [6.45, 7) is 6.84. The molecule has 0 saturated carbocycles. The molecule has 5 rings (SSSR count). The van der Waals surface area contributed by atoms with E-state index in [2.05, 4.69) is 61.1 Å². The number of benzene rings is 3. The maximum absolute atomic E-state index is 8.45. The van der Waals surface area contributed by atoms with Crippen LogP contribution in [0.15, 0.2) is 67.0 Å². The molecule has 2 nitrogen and oxygen atoms in total. The summed E-state index contributed by atoms with van der Waals surface area (Å²) in [6.07, 6.45) is 2.74. The summed E-state index contributed by atoms with van der Waals surface area (Å²) in [4.78, 5) is 9.29. The van der Waals surface area contributed by atoms with E-state index in [1.54, 1.807) is 6.33 Å². The minimum atomic E-state index is 0.170. The van der Waals surface area contributed by atoms with Gasteiger partial charge in [-0.2, -0.15) is 0 Å². The van der Waals surface area contributed by atoms with E-state index < -0.39 is 0 Å². The van der Waals surface area contributed by atoms with Crippen LogP contribution in [0.5, 0.6) is 0 Å². The Morgan fingerprint density at radius 1 is 0.964 bits per heavy atom. The van der Waals surface area contributed by atoms with Crippen molar-refractivity contribution in [3.05, 3.63) is 72.5 Å². The number of fused-ring (bicyclic) bond motifs is 4. The van der Waals surface area contributed by atoms with Gasteiger partial charge in [-0.3, -0.25) is 0 Å². The topological polar surface area (TPSA) is 25.8 Å². The number of aromatic nitrogens is 2. The standard InChI is InChI=1S/C25H22N2Se/c1-25(2,3)14-16-8-11-20-21(12-16)28-24-22(26-15-27-23(20)24)19-10-9-17-6-4-5-7-18(17)13-19/h4-13,15H,14H2,1-3H3/i9D. The third kappa shape index (κ3) is 3.15. The molecule has 2 heterocycles. The van der Waals surface area contributed by atoms with E-state index in [1.165, 1.54) is 19.5 Å². The van der Waals surface area contributed by atoms with Crippen molar-refractivity contribution in [3.63, 3.8) is 0 Å². The second-order valence-electron chi connectivity index (χ2n) is 8.55. The van der Waals surface area contributed by atoms with Crippen molar-refractivity contribution in [1.29, 1.82) is 0 Å². The van der Waals surface area contributed by atoms with E-state index >= 15 is 0 Å². The average molecular weight is 430 g/mol. The molecule has 0 radical (unpaired) electrons. The Kier molecular flexibility index (Phi) is 3.85. The van der Waals surface area contributed by atoms with Crippen molar-refractivity contribution in [2.45, 2.75) is 27.2 Å². The Hall–Kier alpha value is -2.48. The van der Waals surface area contributed by atoms with Gasteiger partial charge in [0.25, 0.3) is 0 Å². The Bertz CT molecular complexity index is 1380. The van der Waals surface area contributed by atoms with E-state index in [-0.39, 0.29) is 19.9 Å². The van der Waals surface area contributed by atoms with Gasteiger partial charge in [0.15, 0.2) is 0 Å². The first-order valence-electron chi connectivity index (χ1n) is 10.0. The van der Waals surface area contributed by atoms with Crippen LogP contribution in [0.25, 0.3) is 41.5 Å². The number of nitrogens with zero attached hydrogens (tertiary/aromatic N) is 2. The van der Waals surface area contributed by atoms with Crippen LogP contribution < -0.4 is 0 Å². The third-order valence-electron chi connectivity index (χ3n) is 4.98. The Morgan fingerprint density at radius 3 is 2.61 bits per heavy atom. The fraction of sp³-hybridized carbons (Fsp3) is 0.200. The average Bonchev–Trinajstić information content (AvgIpc) is 3.04. The molecule has 5 aromatic rings. The maximum atomic E-state index is 8.45. The number of hydrogen-bond donors (Lipinski definition) is 0. The summed E-state index contributed by atoms with van der Waals surface area (Å²) in [5, 5.41) is 3.30. The van der Waals surface area contributed by atoms with E-state index in [0.29, 0.717) is 6.04 Å². The van der Waals surface area contributed by atoms with Gasteiger partial charge in [0, 0.05) is 0 Å². The zero-order valence-corrected chi connectivity index (χ0v) is 18.0. The summed E-state index contributed by atoms with van der Waals surface area (Å²) >= 11 is 0.170. The van der Waals surface area contributed by atoms with Gasteiger partial charge in [0.2, 0.25) is 0 Å². The van der Waals surface area contributed by atoms with Crippen LogP contribution in [0, 0.1) is 5.41 Å². The van der Waals surface area contributed by atoms with E-state index in [9.17, 15) is 0 Å². The zero-order valence-electron chi connectivity index (χ0n) is 17.3. The van der Waals surface area contributed by atoms with Crippen LogP contribution in [0.3, 0.4) is 0 Å².